The van der Waals surface area contributed by atoms with Crippen LogP contribution in [-0.4, -0.2) is 33.9 Å². The summed E-state index contributed by atoms with van der Waals surface area (Å²) in [5, 5.41) is 0.547. The molecule has 0 saturated carbocycles. The molecule has 0 bridgehead atoms. The van der Waals surface area contributed by atoms with Gasteiger partial charge in [0, 0.05) is 12.1 Å². The van der Waals surface area contributed by atoms with E-state index < -0.39 is 0 Å². The van der Waals surface area contributed by atoms with E-state index in [0.717, 1.165) is 25.7 Å². The molecule has 0 saturated heterocycles. The largest absolute Gasteiger partial charge is 0.330 e. The van der Waals surface area contributed by atoms with Crippen molar-refractivity contribution in [1.29, 1.82) is 0 Å². The first-order chi connectivity index (χ1) is 15.7. The van der Waals surface area contributed by atoms with E-state index in [-0.39, 0.29) is 22.9 Å². The number of aromatic amines is 1. The van der Waals surface area contributed by atoms with Crippen molar-refractivity contribution < 1.29 is 4.79 Å². The Morgan fingerprint density at radius 3 is 2.36 bits per heavy atom. The fourth-order valence-electron chi connectivity index (χ4n) is 3.98. The van der Waals surface area contributed by atoms with Crippen LogP contribution in [0.25, 0.3) is 10.9 Å². The smallest absolute Gasteiger partial charge is 0.258 e. The lowest BCUT2D eigenvalue weighted by Crippen LogP contribution is -2.36. The molecule has 0 aliphatic carbocycles. The molecule has 176 valence electrons. The van der Waals surface area contributed by atoms with Crippen molar-refractivity contribution in [2.24, 2.45) is 5.73 Å². The molecule has 0 fully saturated rings. The lowest BCUT2D eigenvalue weighted by molar-refractivity contribution is 0.0679. The number of amides is 1. The van der Waals surface area contributed by atoms with Gasteiger partial charge in [0.1, 0.15) is 5.82 Å². The molecular weight excluding hydrogens is 412 g/mol. The second-order valence-corrected chi connectivity index (χ2v) is 9.67. The predicted molar refractivity (Wildman–Crippen MR) is 134 cm³/mol. The number of benzene rings is 2. The summed E-state index contributed by atoms with van der Waals surface area (Å²) in [5.41, 5.74) is 7.90. The van der Waals surface area contributed by atoms with E-state index in [1.54, 1.807) is 6.07 Å². The second-order valence-electron chi connectivity index (χ2n) is 9.67. The molecule has 6 nitrogen and oxygen atoms in total. The first kappa shape index (κ1) is 24.6. The molecule has 2 aromatic carbocycles. The standard InChI is InChI=1S/C27H36N4O2/c1-19(24-29-23-12-8-7-11-22(23)25(32)30-24)31(18-10-6-5-9-17-28)26(33)20-13-15-21(16-14-20)27(2,3)4/h7-8,11-16,19H,5-6,9-10,17-18,28H2,1-4H3,(H,29,30,32). The van der Waals surface area contributed by atoms with Crippen LogP contribution in [0.3, 0.4) is 0 Å². The number of H-pyrrole nitrogens is 1. The van der Waals surface area contributed by atoms with E-state index in [1.807, 2.05) is 54.3 Å². The number of hydrogen-bond acceptors (Lipinski definition) is 4. The summed E-state index contributed by atoms with van der Waals surface area (Å²) < 4.78 is 0. The minimum absolute atomic E-state index is 0.0199. The molecule has 0 spiro atoms. The SMILES string of the molecule is CC(c1nc2ccccc2c(=O)[nH]1)N(CCCCCCN)C(=O)c1ccc(C(C)(C)C)cc1. The highest BCUT2D eigenvalue weighted by Gasteiger charge is 2.25. The summed E-state index contributed by atoms with van der Waals surface area (Å²) in [4.78, 5) is 35.6. The number of aromatic nitrogens is 2. The number of carbonyl (C=O) groups excluding carboxylic acids is 1. The van der Waals surface area contributed by atoms with Crippen LogP contribution >= 0.6 is 0 Å². The van der Waals surface area contributed by atoms with Gasteiger partial charge in [-0.3, -0.25) is 9.59 Å². The number of fused-ring (bicyclic) bond motifs is 1. The van der Waals surface area contributed by atoms with E-state index in [1.165, 1.54) is 5.56 Å². The van der Waals surface area contributed by atoms with Gasteiger partial charge < -0.3 is 15.6 Å². The van der Waals surface area contributed by atoms with Gasteiger partial charge in [0.2, 0.25) is 0 Å². The van der Waals surface area contributed by atoms with Gasteiger partial charge >= 0.3 is 0 Å². The average molecular weight is 449 g/mol. The highest BCUT2D eigenvalue weighted by molar-refractivity contribution is 5.94. The van der Waals surface area contributed by atoms with Gasteiger partial charge in [-0.1, -0.05) is 57.9 Å². The van der Waals surface area contributed by atoms with E-state index in [4.69, 9.17) is 5.73 Å². The van der Waals surface area contributed by atoms with Gasteiger partial charge in [-0.05, 0) is 61.6 Å². The van der Waals surface area contributed by atoms with E-state index in [2.05, 4.69) is 30.7 Å². The summed E-state index contributed by atoms with van der Waals surface area (Å²) >= 11 is 0. The average Bonchev–Trinajstić information content (AvgIpc) is 2.80. The number of nitrogens with one attached hydrogen (secondary N) is 1. The molecule has 3 aromatic rings. The maximum Gasteiger partial charge on any atom is 0.258 e. The summed E-state index contributed by atoms with van der Waals surface area (Å²) in [6.07, 6.45) is 3.89. The van der Waals surface area contributed by atoms with Crippen LogP contribution in [-0.2, 0) is 5.41 Å². The number of unbranched alkanes of at least 4 members (excludes halogenated alkanes) is 3. The van der Waals surface area contributed by atoms with Crippen molar-refractivity contribution >= 4 is 16.8 Å². The van der Waals surface area contributed by atoms with Crippen molar-refractivity contribution in [3.05, 3.63) is 75.8 Å². The number of nitrogens with zero attached hydrogens (tertiary/aromatic N) is 2. The normalized spacial score (nSPS) is 12.6. The van der Waals surface area contributed by atoms with Gasteiger partial charge in [-0.2, -0.15) is 0 Å². The predicted octanol–water partition coefficient (Wildman–Crippen LogP) is 4.94. The zero-order chi connectivity index (χ0) is 24.0. The second kappa shape index (κ2) is 10.8. The minimum Gasteiger partial charge on any atom is -0.330 e. The molecule has 1 aromatic heterocycles. The van der Waals surface area contributed by atoms with Crippen LogP contribution in [0, 0.1) is 0 Å². The maximum atomic E-state index is 13.6. The summed E-state index contributed by atoms with van der Waals surface area (Å²) in [6, 6.07) is 14.7. The van der Waals surface area contributed by atoms with Gasteiger partial charge in [0.25, 0.3) is 11.5 Å². The highest BCUT2D eigenvalue weighted by atomic mass is 16.2. The monoisotopic (exact) mass is 448 g/mol. The van der Waals surface area contributed by atoms with Crippen LogP contribution in [0.4, 0.5) is 0 Å². The summed E-state index contributed by atoms with van der Waals surface area (Å²) in [7, 11) is 0. The Hall–Kier alpha value is -2.99. The molecule has 1 amide bonds. The Bertz CT molecular complexity index is 1130. The van der Waals surface area contributed by atoms with Crippen LogP contribution in [0.5, 0.6) is 0 Å². The molecule has 1 heterocycles. The number of carbonyl (C=O) groups is 1. The molecule has 1 atom stereocenters. The summed E-state index contributed by atoms with van der Waals surface area (Å²) in [5.74, 6) is 0.443. The number of para-hydroxylation sites is 1. The molecule has 0 aliphatic rings. The van der Waals surface area contributed by atoms with E-state index in [0.29, 0.717) is 35.4 Å². The molecule has 6 heteroatoms. The molecule has 33 heavy (non-hydrogen) atoms. The fourth-order valence-corrected chi connectivity index (χ4v) is 3.98. The van der Waals surface area contributed by atoms with Crippen molar-refractivity contribution in [3.63, 3.8) is 0 Å². The lowest BCUT2D eigenvalue weighted by Gasteiger charge is -2.29. The molecule has 1 unspecified atom stereocenters. The Morgan fingerprint density at radius 2 is 1.70 bits per heavy atom. The maximum absolute atomic E-state index is 13.6. The number of hydrogen-bond donors (Lipinski definition) is 2. The topological polar surface area (TPSA) is 92.1 Å². The van der Waals surface area contributed by atoms with Gasteiger partial charge in [-0.15, -0.1) is 0 Å². The Balaban J connectivity index is 1.90. The van der Waals surface area contributed by atoms with Crippen LogP contribution in [0.15, 0.2) is 53.3 Å². The summed E-state index contributed by atoms with van der Waals surface area (Å²) in [6.45, 7) is 9.65. The Labute approximate surface area is 196 Å². The highest BCUT2D eigenvalue weighted by Crippen LogP contribution is 2.25. The zero-order valence-corrected chi connectivity index (χ0v) is 20.2. The minimum atomic E-state index is -0.369. The van der Waals surface area contributed by atoms with Gasteiger partial charge in [-0.25, -0.2) is 4.98 Å². The van der Waals surface area contributed by atoms with Gasteiger partial charge in [0.05, 0.1) is 16.9 Å². The van der Waals surface area contributed by atoms with Crippen molar-refractivity contribution in [1.82, 2.24) is 14.9 Å². The first-order valence-electron chi connectivity index (χ1n) is 11.8. The van der Waals surface area contributed by atoms with Crippen molar-refractivity contribution in [3.8, 4) is 0 Å². The third kappa shape index (κ3) is 6.08. The quantitative estimate of drug-likeness (QED) is 0.453. The van der Waals surface area contributed by atoms with Crippen molar-refractivity contribution in [2.75, 3.05) is 13.1 Å². The van der Waals surface area contributed by atoms with E-state index >= 15 is 0 Å². The fraction of sp³-hybridized carbons (Fsp3) is 0.444. The zero-order valence-electron chi connectivity index (χ0n) is 20.2. The molecule has 0 radical (unpaired) electrons. The van der Waals surface area contributed by atoms with Crippen LogP contribution < -0.4 is 11.3 Å². The number of rotatable bonds is 9. The third-order valence-electron chi connectivity index (χ3n) is 6.11. The first-order valence-corrected chi connectivity index (χ1v) is 11.8. The van der Waals surface area contributed by atoms with E-state index in [9.17, 15) is 9.59 Å². The van der Waals surface area contributed by atoms with Crippen molar-refractivity contribution in [2.45, 2.75) is 64.8 Å². The van der Waals surface area contributed by atoms with Crippen LogP contribution in [0.1, 0.15) is 81.2 Å². The lowest BCUT2D eigenvalue weighted by atomic mass is 9.86. The molecule has 3 rings (SSSR count). The molecular formula is C27H36N4O2. The Morgan fingerprint density at radius 1 is 1.03 bits per heavy atom. The van der Waals surface area contributed by atoms with Crippen LogP contribution in [0.2, 0.25) is 0 Å². The van der Waals surface area contributed by atoms with Gasteiger partial charge in [0.15, 0.2) is 0 Å². The molecule has 0 aliphatic heterocycles. The third-order valence-corrected chi connectivity index (χ3v) is 6.11. The Kier molecular flexibility index (Phi) is 8.03. The molecule has 3 N–H and O–H groups in total. The number of nitrogens with two attached hydrogens (primary N) is 1.